The molecule has 1 aliphatic rings. The number of sulfone groups is 1. The molecule has 1 fully saturated rings. The summed E-state index contributed by atoms with van der Waals surface area (Å²) in [6.45, 7) is 1.83. The minimum absolute atomic E-state index is 0.0269. The molecule has 41 heavy (non-hydrogen) atoms. The lowest BCUT2D eigenvalue weighted by Crippen LogP contribution is -2.25. The molecule has 1 amide bonds. The highest BCUT2D eigenvalue weighted by Gasteiger charge is 2.22. The van der Waals surface area contributed by atoms with Gasteiger partial charge >= 0.3 is 0 Å². The zero-order valence-electron chi connectivity index (χ0n) is 23.7. The van der Waals surface area contributed by atoms with Crippen molar-refractivity contribution in [1.82, 2.24) is 14.9 Å². The van der Waals surface area contributed by atoms with Crippen LogP contribution in [0.1, 0.15) is 44.1 Å². The molecular weight excluding hydrogens is 566 g/mol. The van der Waals surface area contributed by atoms with E-state index in [-0.39, 0.29) is 22.5 Å². The maximum absolute atomic E-state index is 13.4. The Kier molecular flexibility index (Phi) is 11.0. The Balaban J connectivity index is 1.49. The predicted octanol–water partition coefficient (Wildman–Crippen LogP) is 4.13. The van der Waals surface area contributed by atoms with Crippen molar-refractivity contribution in [3.05, 3.63) is 42.0 Å². The first-order valence-electron chi connectivity index (χ1n) is 13.7. The van der Waals surface area contributed by atoms with Crippen LogP contribution in [-0.4, -0.2) is 87.7 Å². The van der Waals surface area contributed by atoms with Gasteiger partial charge in [0.15, 0.2) is 20.7 Å². The van der Waals surface area contributed by atoms with E-state index in [9.17, 15) is 13.2 Å². The average molecular weight is 604 g/mol. The van der Waals surface area contributed by atoms with Crippen molar-refractivity contribution in [3.63, 3.8) is 0 Å². The quantitative estimate of drug-likeness (QED) is 0.155. The second kappa shape index (κ2) is 14.7. The highest BCUT2D eigenvalue weighted by atomic mass is 32.2. The van der Waals surface area contributed by atoms with E-state index in [1.165, 1.54) is 30.6 Å². The monoisotopic (exact) mass is 603 g/mol. The fourth-order valence-corrected chi connectivity index (χ4v) is 6.43. The standard InChI is InChI=1S/C28H37N5O6S2/c1-33(2)16-6-18-38-24-15-14-23-27(30-24)40-28(29-23)31-26(34)25(32-39-21-8-4-5-9-21)20-10-12-22(13-11-20)41(35,36)19-7-17-37-3/h10-15,21H,4-9,16-19H2,1-3H3,(H,29,31,34)/b32-25+. The largest absolute Gasteiger partial charge is 0.478 e. The fraction of sp³-hybridized carbons (Fsp3) is 0.500. The highest BCUT2D eigenvalue weighted by Crippen LogP contribution is 2.27. The van der Waals surface area contributed by atoms with Gasteiger partial charge in [0.25, 0.3) is 5.91 Å². The van der Waals surface area contributed by atoms with Crippen LogP contribution in [0.3, 0.4) is 0 Å². The normalized spacial score (nSPS) is 14.6. The molecular formula is C28H37N5O6S2. The molecule has 1 saturated carbocycles. The number of ether oxygens (including phenoxy) is 2. The summed E-state index contributed by atoms with van der Waals surface area (Å²) in [5.41, 5.74) is 1.11. The number of benzene rings is 1. The highest BCUT2D eigenvalue weighted by molar-refractivity contribution is 7.91. The summed E-state index contributed by atoms with van der Waals surface area (Å²) in [6.07, 6.45) is 5.07. The number of oxime groups is 1. The van der Waals surface area contributed by atoms with Crippen LogP contribution in [0.5, 0.6) is 5.88 Å². The number of methoxy groups -OCH3 is 1. The number of carbonyl (C=O) groups excluding carboxylic acids is 1. The third kappa shape index (κ3) is 8.93. The zero-order chi connectivity index (χ0) is 29.2. The van der Waals surface area contributed by atoms with Crippen molar-refractivity contribution in [2.24, 2.45) is 5.16 Å². The molecule has 222 valence electrons. The van der Waals surface area contributed by atoms with Gasteiger partial charge in [-0.3, -0.25) is 10.1 Å². The summed E-state index contributed by atoms with van der Waals surface area (Å²) >= 11 is 1.23. The van der Waals surface area contributed by atoms with Gasteiger partial charge in [-0.25, -0.2) is 18.4 Å². The summed E-state index contributed by atoms with van der Waals surface area (Å²) in [7, 11) is 2.08. The van der Waals surface area contributed by atoms with Crippen LogP contribution in [0, 0.1) is 0 Å². The van der Waals surface area contributed by atoms with Crippen LogP contribution >= 0.6 is 11.3 Å². The number of thiazole rings is 1. The summed E-state index contributed by atoms with van der Waals surface area (Å²) < 4.78 is 36.0. The molecule has 11 nitrogen and oxygen atoms in total. The minimum atomic E-state index is -3.48. The topological polar surface area (TPSA) is 132 Å². The molecule has 2 aromatic heterocycles. The number of carbonyl (C=O) groups is 1. The second-order valence-electron chi connectivity index (χ2n) is 10.1. The van der Waals surface area contributed by atoms with Crippen molar-refractivity contribution in [3.8, 4) is 5.88 Å². The molecule has 0 radical (unpaired) electrons. The van der Waals surface area contributed by atoms with Gasteiger partial charge < -0.3 is 19.2 Å². The summed E-state index contributed by atoms with van der Waals surface area (Å²) in [6, 6.07) is 9.67. The van der Waals surface area contributed by atoms with Crippen molar-refractivity contribution in [1.29, 1.82) is 0 Å². The minimum Gasteiger partial charge on any atom is -0.478 e. The zero-order valence-corrected chi connectivity index (χ0v) is 25.3. The van der Waals surface area contributed by atoms with Crippen molar-refractivity contribution in [2.75, 3.05) is 52.0 Å². The smallest absolute Gasteiger partial charge is 0.280 e. The van der Waals surface area contributed by atoms with E-state index in [0.29, 0.717) is 46.6 Å². The molecule has 1 aliphatic carbocycles. The molecule has 0 saturated heterocycles. The number of amides is 1. The van der Waals surface area contributed by atoms with E-state index in [1.807, 2.05) is 14.1 Å². The maximum atomic E-state index is 13.4. The fourth-order valence-electron chi connectivity index (χ4n) is 4.33. The van der Waals surface area contributed by atoms with E-state index in [2.05, 4.69) is 25.3 Å². The number of hydrogen-bond donors (Lipinski definition) is 1. The van der Waals surface area contributed by atoms with Crippen LogP contribution in [-0.2, 0) is 24.2 Å². The summed E-state index contributed by atoms with van der Waals surface area (Å²) in [5.74, 6) is -0.0406. The molecule has 1 N–H and O–H groups in total. The Bertz CT molecular complexity index is 1430. The number of rotatable bonds is 15. The molecule has 0 atom stereocenters. The van der Waals surface area contributed by atoms with E-state index >= 15 is 0 Å². The SMILES string of the molecule is COCCCS(=O)(=O)c1ccc(/C(=N\OC2CCCC2)C(=O)Nc2nc3ccc(OCCCN(C)C)nc3s2)cc1. The first-order chi connectivity index (χ1) is 19.7. The van der Waals surface area contributed by atoms with Crippen molar-refractivity contribution < 1.29 is 27.5 Å². The number of nitrogens with one attached hydrogen (secondary N) is 1. The summed E-state index contributed by atoms with van der Waals surface area (Å²) in [4.78, 5) is 31.0. The van der Waals surface area contributed by atoms with Crippen molar-refractivity contribution in [2.45, 2.75) is 49.5 Å². The lowest BCUT2D eigenvalue weighted by Gasteiger charge is -2.11. The number of aromatic nitrogens is 2. The van der Waals surface area contributed by atoms with Gasteiger partial charge in [0.05, 0.1) is 17.3 Å². The molecule has 3 aromatic rings. The Morgan fingerprint density at radius 2 is 1.83 bits per heavy atom. The van der Waals surface area contributed by atoms with Crippen LogP contribution in [0.4, 0.5) is 5.13 Å². The third-order valence-electron chi connectivity index (χ3n) is 6.51. The van der Waals surface area contributed by atoms with Gasteiger partial charge in [0.1, 0.15) is 16.5 Å². The van der Waals surface area contributed by atoms with Gasteiger partial charge in [-0.1, -0.05) is 28.6 Å². The third-order valence-corrected chi connectivity index (χ3v) is 9.21. The molecule has 1 aromatic carbocycles. The molecule has 0 unspecified atom stereocenters. The molecule has 2 heterocycles. The number of hydrogen-bond acceptors (Lipinski definition) is 11. The number of pyridine rings is 1. The molecule has 0 aliphatic heterocycles. The second-order valence-corrected chi connectivity index (χ2v) is 13.2. The van der Waals surface area contributed by atoms with Crippen LogP contribution in [0.25, 0.3) is 10.3 Å². The van der Waals surface area contributed by atoms with Crippen LogP contribution < -0.4 is 10.1 Å². The molecule has 13 heteroatoms. The van der Waals surface area contributed by atoms with E-state index in [4.69, 9.17) is 14.3 Å². The van der Waals surface area contributed by atoms with Crippen LogP contribution in [0.15, 0.2) is 46.4 Å². The van der Waals surface area contributed by atoms with Gasteiger partial charge in [-0.05, 0) is 70.8 Å². The van der Waals surface area contributed by atoms with E-state index < -0.39 is 15.7 Å². The molecule has 0 bridgehead atoms. The number of fused-ring (bicyclic) bond motifs is 1. The first-order valence-corrected chi connectivity index (χ1v) is 16.1. The van der Waals surface area contributed by atoms with E-state index in [0.717, 1.165) is 38.6 Å². The predicted molar refractivity (Wildman–Crippen MR) is 160 cm³/mol. The lowest BCUT2D eigenvalue weighted by molar-refractivity contribution is -0.110. The number of nitrogens with zero attached hydrogens (tertiary/aromatic N) is 4. The Hall–Kier alpha value is -3.13. The van der Waals surface area contributed by atoms with Crippen LogP contribution in [0.2, 0.25) is 0 Å². The van der Waals surface area contributed by atoms with Gasteiger partial charge in [0, 0.05) is 31.9 Å². The number of anilines is 1. The van der Waals surface area contributed by atoms with Crippen molar-refractivity contribution >= 4 is 48.3 Å². The molecule has 0 spiro atoms. The van der Waals surface area contributed by atoms with Gasteiger partial charge in [-0.15, -0.1) is 0 Å². The lowest BCUT2D eigenvalue weighted by atomic mass is 10.1. The van der Waals surface area contributed by atoms with E-state index in [1.54, 1.807) is 24.3 Å². The first kappa shape index (κ1) is 30.8. The Labute approximate surface area is 244 Å². The maximum Gasteiger partial charge on any atom is 0.280 e. The van der Waals surface area contributed by atoms with Gasteiger partial charge in [0.2, 0.25) is 5.88 Å². The van der Waals surface area contributed by atoms with Gasteiger partial charge in [-0.2, -0.15) is 0 Å². The summed E-state index contributed by atoms with van der Waals surface area (Å²) in [5, 5.41) is 7.39. The Morgan fingerprint density at radius 3 is 2.54 bits per heavy atom. The Morgan fingerprint density at radius 1 is 1.07 bits per heavy atom. The molecule has 4 rings (SSSR count). The average Bonchev–Trinajstić information content (AvgIpc) is 3.61.